The minimum Gasteiger partial charge on any atom is -0.496 e. The summed E-state index contributed by atoms with van der Waals surface area (Å²) in [6.45, 7) is 5.98. The number of aliphatic hydroxyl groups is 2. The van der Waals surface area contributed by atoms with Crippen LogP contribution in [-0.2, 0) is 19.2 Å². The quantitative estimate of drug-likeness (QED) is 0.143. The standard InChI is InChI=1S/C32H42N4O4.C4H6O6/c1-5-23(37)9-7-6-8-10-26(35-30(38)25-19-32(25)13-15-36(3)16-14-32)31-33-20-29(40-31)24-17-22-12-11-21(2)34-27(22)18-28(24)39-4;5-1(3(7)8)2(6)4(9)10/h11-12,17-18,20,25-26H,5-10,13-16,19H2,1-4H3,(H,35,38);1-2,5-6H,(H,7,8)(H,9,10)/t25-,26+;1-,2-/m11/s1. The smallest absolute Gasteiger partial charge is 0.335 e. The van der Waals surface area contributed by atoms with Crippen LogP contribution in [0.25, 0.3) is 22.2 Å². The average molecular weight is 697 g/mol. The number of carbonyl (C=O) groups excluding carboxylic acids is 2. The van der Waals surface area contributed by atoms with Crippen LogP contribution in [0.5, 0.6) is 5.75 Å². The van der Waals surface area contributed by atoms with Gasteiger partial charge >= 0.3 is 11.9 Å². The van der Waals surface area contributed by atoms with Crippen LogP contribution in [0.4, 0.5) is 0 Å². The minimum absolute atomic E-state index is 0.0665. The lowest BCUT2D eigenvalue weighted by molar-refractivity contribution is -0.165. The summed E-state index contributed by atoms with van der Waals surface area (Å²) in [5.74, 6) is -1.29. The van der Waals surface area contributed by atoms with Gasteiger partial charge in [0.1, 0.15) is 17.6 Å². The van der Waals surface area contributed by atoms with Crippen LogP contribution in [0.1, 0.15) is 82.3 Å². The Morgan fingerprint density at radius 3 is 2.36 bits per heavy atom. The van der Waals surface area contributed by atoms with Crippen LogP contribution >= 0.6 is 0 Å². The van der Waals surface area contributed by atoms with E-state index in [2.05, 4.69) is 27.2 Å². The predicted molar refractivity (Wildman–Crippen MR) is 182 cm³/mol. The first-order valence-electron chi connectivity index (χ1n) is 17.0. The van der Waals surface area contributed by atoms with E-state index in [0.717, 1.165) is 73.8 Å². The Bertz CT molecular complexity index is 1650. The molecule has 5 N–H and O–H groups in total. The number of methoxy groups -OCH3 is 1. The molecular weight excluding hydrogens is 648 g/mol. The highest BCUT2D eigenvalue weighted by atomic mass is 16.5. The zero-order valence-corrected chi connectivity index (χ0v) is 29.1. The number of Topliss-reactive ketones (excluding diaryl/α,β-unsaturated/α-hetero) is 1. The zero-order valence-electron chi connectivity index (χ0n) is 29.1. The van der Waals surface area contributed by atoms with Crippen LogP contribution < -0.4 is 10.1 Å². The molecule has 50 heavy (non-hydrogen) atoms. The Kier molecular flexibility index (Phi) is 13.1. The van der Waals surface area contributed by atoms with E-state index in [9.17, 15) is 19.2 Å². The second-order valence-electron chi connectivity index (χ2n) is 13.3. The molecule has 1 aromatic carbocycles. The third-order valence-electron chi connectivity index (χ3n) is 9.69. The molecule has 2 aliphatic rings. The third kappa shape index (κ3) is 9.64. The van der Waals surface area contributed by atoms with Gasteiger partial charge in [-0.2, -0.15) is 0 Å². The average Bonchev–Trinajstić information content (AvgIpc) is 3.58. The molecule has 1 spiro atoms. The van der Waals surface area contributed by atoms with Crippen molar-refractivity contribution in [3.05, 3.63) is 42.0 Å². The van der Waals surface area contributed by atoms with E-state index in [1.165, 1.54) is 0 Å². The molecule has 14 heteroatoms. The number of amides is 1. The van der Waals surface area contributed by atoms with Crippen molar-refractivity contribution in [1.29, 1.82) is 0 Å². The second-order valence-corrected chi connectivity index (χ2v) is 13.3. The number of fused-ring (bicyclic) bond motifs is 1. The number of nitrogens with one attached hydrogen (secondary N) is 1. The summed E-state index contributed by atoms with van der Waals surface area (Å²) in [6, 6.07) is 7.64. The normalized spacial score (nSPS) is 18.4. The number of benzene rings is 1. The number of aromatic nitrogens is 2. The summed E-state index contributed by atoms with van der Waals surface area (Å²) >= 11 is 0. The molecule has 1 aliphatic heterocycles. The Balaban J connectivity index is 0.000000490. The van der Waals surface area contributed by atoms with Crippen LogP contribution in [0.15, 0.2) is 34.9 Å². The number of aliphatic carboxylic acids is 2. The van der Waals surface area contributed by atoms with Crippen LogP contribution in [0.2, 0.25) is 0 Å². The summed E-state index contributed by atoms with van der Waals surface area (Å²) in [6.07, 6.45) is 4.91. The summed E-state index contributed by atoms with van der Waals surface area (Å²) in [5.41, 5.74) is 2.77. The van der Waals surface area contributed by atoms with Gasteiger partial charge in [-0.15, -0.1) is 0 Å². The fraction of sp³-hybridized carbons (Fsp3) is 0.556. The fourth-order valence-corrected chi connectivity index (χ4v) is 6.35. The first-order valence-corrected chi connectivity index (χ1v) is 17.0. The number of pyridine rings is 1. The number of ketones is 1. The van der Waals surface area contributed by atoms with Crippen molar-refractivity contribution in [1.82, 2.24) is 20.2 Å². The Morgan fingerprint density at radius 1 is 1.06 bits per heavy atom. The number of aryl methyl sites for hydroxylation is 1. The van der Waals surface area contributed by atoms with Gasteiger partial charge in [-0.05, 0) is 76.7 Å². The maximum Gasteiger partial charge on any atom is 0.335 e. The number of carbonyl (C=O) groups is 4. The maximum atomic E-state index is 13.4. The molecule has 2 aromatic heterocycles. The van der Waals surface area contributed by atoms with E-state index in [1.807, 2.05) is 38.1 Å². The second kappa shape index (κ2) is 17.0. The van der Waals surface area contributed by atoms with E-state index in [4.69, 9.17) is 29.6 Å². The summed E-state index contributed by atoms with van der Waals surface area (Å²) < 4.78 is 12.0. The molecule has 14 nitrogen and oxygen atoms in total. The van der Waals surface area contributed by atoms with E-state index < -0.39 is 24.1 Å². The molecule has 3 aromatic rings. The first kappa shape index (κ1) is 38.4. The number of hydrogen-bond acceptors (Lipinski definition) is 11. The van der Waals surface area contributed by atoms with Crippen LogP contribution in [0, 0.1) is 18.3 Å². The SMILES string of the molecule is CCC(=O)CCCCC[C@H](NC(=O)[C@H]1CC12CCN(C)CC2)c1ncc(-c2cc3ccc(C)nc3cc2OC)o1.O=C(O)[C@H](O)[C@@H](O)C(=O)O. The van der Waals surface area contributed by atoms with E-state index in [1.54, 1.807) is 13.3 Å². The van der Waals surface area contributed by atoms with E-state index >= 15 is 0 Å². The number of likely N-dealkylation sites (tertiary alicyclic amines) is 1. The molecule has 4 atom stereocenters. The summed E-state index contributed by atoms with van der Waals surface area (Å²) in [5, 5.41) is 36.8. The number of aliphatic hydroxyl groups excluding tert-OH is 2. The molecule has 0 unspecified atom stereocenters. The molecule has 1 saturated heterocycles. The van der Waals surface area contributed by atoms with Gasteiger partial charge in [-0.3, -0.25) is 14.6 Å². The van der Waals surface area contributed by atoms with Gasteiger partial charge in [0.05, 0.1) is 24.4 Å². The number of ether oxygens (including phenoxy) is 1. The highest BCUT2D eigenvalue weighted by molar-refractivity contribution is 5.87. The maximum absolute atomic E-state index is 13.4. The number of rotatable bonds is 15. The van der Waals surface area contributed by atoms with Crippen LogP contribution in [0.3, 0.4) is 0 Å². The molecule has 1 aliphatic carbocycles. The number of hydrogen-bond donors (Lipinski definition) is 5. The van der Waals surface area contributed by atoms with Crippen molar-refractivity contribution in [3.8, 4) is 17.1 Å². The van der Waals surface area contributed by atoms with Crippen molar-refractivity contribution in [2.45, 2.75) is 89.9 Å². The Morgan fingerprint density at radius 2 is 1.74 bits per heavy atom. The number of oxazole rings is 1. The van der Waals surface area contributed by atoms with Gasteiger partial charge in [0.15, 0.2) is 18.0 Å². The Labute approximate surface area is 290 Å². The zero-order chi connectivity index (χ0) is 36.6. The molecule has 0 radical (unpaired) electrons. The topological polar surface area (TPSA) is 213 Å². The fourth-order valence-electron chi connectivity index (χ4n) is 6.35. The van der Waals surface area contributed by atoms with Crippen molar-refractivity contribution in [2.75, 3.05) is 27.2 Å². The van der Waals surface area contributed by atoms with Crippen molar-refractivity contribution in [3.63, 3.8) is 0 Å². The lowest BCUT2D eigenvalue weighted by Gasteiger charge is -2.30. The molecule has 272 valence electrons. The molecule has 1 saturated carbocycles. The van der Waals surface area contributed by atoms with Crippen molar-refractivity contribution >= 4 is 34.5 Å². The van der Waals surface area contributed by atoms with Crippen molar-refractivity contribution < 1.29 is 48.8 Å². The van der Waals surface area contributed by atoms with Crippen molar-refractivity contribution in [2.24, 2.45) is 11.3 Å². The first-order chi connectivity index (χ1) is 23.8. The van der Waals surface area contributed by atoms with Gasteiger partial charge in [0, 0.05) is 35.9 Å². The monoisotopic (exact) mass is 696 g/mol. The number of nitrogens with zero attached hydrogens (tertiary/aromatic N) is 3. The highest BCUT2D eigenvalue weighted by Crippen LogP contribution is 2.59. The summed E-state index contributed by atoms with van der Waals surface area (Å²) in [7, 11) is 3.79. The molecule has 5 rings (SSSR count). The highest BCUT2D eigenvalue weighted by Gasteiger charge is 2.58. The largest absolute Gasteiger partial charge is 0.496 e. The van der Waals surface area contributed by atoms with Crippen LogP contribution in [-0.4, -0.2) is 98.4 Å². The van der Waals surface area contributed by atoms with Gasteiger partial charge in [0.2, 0.25) is 11.8 Å². The van der Waals surface area contributed by atoms with Gasteiger partial charge in [0.25, 0.3) is 0 Å². The third-order valence-corrected chi connectivity index (χ3v) is 9.69. The van der Waals surface area contributed by atoms with Gasteiger partial charge in [-0.1, -0.05) is 25.8 Å². The van der Waals surface area contributed by atoms with Gasteiger partial charge in [-0.25, -0.2) is 14.6 Å². The number of piperidine rings is 1. The number of unbranched alkanes of at least 4 members (excludes halogenated alkanes) is 2. The van der Waals surface area contributed by atoms with E-state index in [0.29, 0.717) is 42.4 Å². The number of carboxylic acids is 2. The molecule has 2 fully saturated rings. The number of carboxylic acid groups (broad SMARTS) is 2. The molecular formula is C36H48N4O10. The predicted octanol–water partition coefficient (Wildman–Crippen LogP) is 3.90. The molecule has 3 heterocycles. The molecule has 0 bridgehead atoms. The Hall–Kier alpha value is -4.40. The molecule has 1 amide bonds. The lowest BCUT2D eigenvalue weighted by Crippen LogP contribution is -2.39. The summed E-state index contributed by atoms with van der Waals surface area (Å²) in [4.78, 5) is 56.3. The van der Waals surface area contributed by atoms with E-state index in [-0.39, 0.29) is 23.3 Å². The van der Waals surface area contributed by atoms with Gasteiger partial charge < -0.3 is 39.8 Å². The lowest BCUT2D eigenvalue weighted by atomic mass is 9.91. The minimum atomic E-state index is -2.27.